The van der Waals surface area contributed by atoms with E-state index in [4.69, 9.17) is 4.74 Å². The van der Waals surface area contributed by atoms with Crippen molar-refractivity contribution >= 4 is 22.5 Å². The molecule has 29 heavy (non-hydrogen) atoms. The van der Waals surface area contributed by atoms with Gasteiger partial charge in [0.2, 0.25) is 5.91 Å². The molecule has 4 rings (SSSR count). The van der Waals surface area contributed by atoms with Crippen LogP contribution in [-0.4, -0.2) is 10.5 Å². The molecule has 1 amide bonds. The van der Waals surface area contributed by atoms with Crippen LogP contribution in [0, 0.1) is 0 Å². The minimum absolute atomic E-state index is 0.0534. The summed E-state index contributed by atoms with van der Waals surface area (Å²) in [6, 6.07) is 26.0. The highest BCUT2D eigenvalue weighted by Gasteiger charge is 2.10. The molecule has 0 aliphatic heterocycles. The van der Waals surface area contributed by atoms with Gasteiger partial charge >= 0.3 is 0 Å². The Morgan fingerprint density at radius 2 is 1.69 bits per heavy atom. The normalized spacial score (nSPS) is 10.8. The van der Waals surface area contributed by atoms with Gasteiger partial charge in [0, 0.05) is 17.3 Å². The van der Waals surface area contributed by atoms with E-state index in [2.05, 4.69) is 12.2 Å². The molecule has 1 aromatic heterocycles. The molecule has 0 spiro atoms. The number of carbonyl (C=O) groups is 1. The van der Waals surface area contributed by atoms with Crippen LogP contribution in [0.4, 0.5) is 5.69 Å². The maximum Gasteiger partial charge on any atom is 0.244 e. The van der Waals surface area contributed by atoms with Gasteiger partial charge in [-0.3, -0.25) is 4.79 Å². The van der Waals surface area contributed by atoms with Crippen molar-refractivity contribution in [3.63, 3.8) is 0 Å². The lowest BCUT2D eigenvalue weighted by Crippen LogP contribution is -2.18. The molecule has 0 aliphatic carbocycles. The minimum Gasteiger partial charge on any atom is -0.488 e. The summed E-state index contributed by atoms with van der Waals surface area (Å²) in [5, 5.41) is 3.97. The van der Waals surface area contributed by atoms with Crippen LogP contribution in [0.15, 0.2) is 85.1 Å². The minimum atomic E-state index is -0.0534. The van der Waals surface area contributed by atoms with Crippen molar-refractivity contribution in [3.05, 3.63) is 96.2 Å². The van der Waals surface area contributed by atoms with Gasteiger partial charge in [-0.05, 0) is 47.9 Å². The summed E-state index contributed by atoms with van der Waals surface area (Å²) in [6.07, 6.45) is 2.91. The zero-order chi connectivity index (χ0) is 20.1. The number of nitrogens with zero attached hydrogens (tertiary/aromatic N) is 1. The Labute approximate surface area is 170 Å². The van der Waals surface area contributed by atoms with Crippen molar-refractivity contribution in [1.82, 2.24) is 4.57 Å². The molecule has 4 heteroatoms. The maximum atomic E-state index is 12.5. The van der Waals surface area contributed by atoms with Crippen molar-refractivity contribution in [3.8, 4) is 5.75 Å². The number of nitrogens with one attached hydrogen (secondary N) is 1. The summed E-state index contributed by atoms with van der Waals surface area (Å²) in [5.41, 5.74) is 4.17. The number of benzene rings is 3. The van der Waals surface area contributed by atoms with Crippen LogP contribution in [0.25, 0.3) is 10.9 Å². The number of hydrogen-bond donors (Lipinski definition) is 1. The Morgan fingerprint density at radius 3 is 2.45 bits per heavy atom. The molecule has 0 saturated carbocycles. The molecule has 3 aromatic carbocycles. The molecule has 0 atom stereocenters. The van der Waals surface area contributed by atoms with Crippen molar-refractivity contribution in [2.45, 2.75) is 26.5 Å². The number of anilines is 1. The Morgan fingerprint density at radius 1 is 0.897 bits per heavy atom. The van der Waals surface area contributed by atoms with Crippen molar-refractivity contribution in [2.75, 3.05) is 5.32 Å². The lowest BCUT2D eigenvalue weighted by molar-refractivity contribution is -0.116. The lowest BCUT2D eigenvalue weighted by Gasteiger charge is -2.10. The zero-order valence-electron chi connectivity index (χ0n) is 16.5. The van der Waals surface area contributed by atoms with E-state index in [9.17, 15) is 4.79 Å². The molecule has 0 aliphatic rings. The molecule has 0 radical (unpaired) electrons. The predicted octanol–water partition coefficient (Wildman–Crippen LogP) is 5.42. The number of hydrogen-bond acceptors (Lipinski definition) is 2. The van der Waals surface area contributed by atoms with Gasteiger partial charge in [0.05, 0.1) is 5.52 Å². The van der Waals surface area contributed by atoms with Crippen LogP contribution in [0.2, 0.25) is 0 Å². The molecule has 0 bridgehead atoms. The van der Waals surface area contributed by atoms with Gasteiger partial charge in [-0.2, -0.15) is 0 Å². The van der Waals surface area contributed by atoms with E-state index in [1.54, 1.807) is 0 Å². The number of fused-ring (bicyclic) bond motifs is 1. The van der Waals surface area contributed by atoms with E-state index in [-0.39, 0.29) is 12.5 Å². The highest BCUT2D eigenvalue weighted by Crippen LogP contribution is 2.27. The fourth-order valence-electron chi connectivity index (χ4n) is 3.37. The zero-order valence-corrected chi connectivity index (χ0v) is 16.5. The van der Waals surface area contributed by atoms with E-state index in [0.29, 0.717) is 6.61 Å². The van der Waals surface area contributed by atoms with E-state index in [0.717, 1.165) is 34.3 Å². The Kier molecular flexibility index (Phi) is 5.61. The third kappa shape index (κ3) is 4.49. The largest absolute Gasteiger partial charge is 0.488 e. The molecule has 0 saturated heterocycles. The summed E-state index contributed by atoms with van der Waals surface area (Å²) in [5.74, 6) is 0.767. The maximum absolute atomic E-state index is 12.5. The van der Waals surface area contributed by atoms with E-state index >= 15 is 0 Å². The standard InChI is InChI=1S/C25H24N2O2/c1-2-19-11-13-21(14-12-19)26-25(28)17-27-16-15-22-23(27)9-6-10-24(22)29-18-20-7-4-3-5-8-20/h3-16H,2,17-18H2,1H3,(H,26,28). The number of aromatic nitrogens is 1. The van der Waals surface area contributed by atoms with Crippen LogP contribution < -0.4 is 10.1 Å². The topological polar surface area (TPSA) is 43.3 Å². The predicted molar refractivity (Wildman–Crippen MR) is 117 cm³/mol. The van der Waals surface area contributed by atoms with Gasteiger partial charge < -0.3 is 14.6 Å². The Hall–Kier alpha value is -3.53. The fraction of sp³-hybridized carbons (Fsp3) is 0.160. The van der Waals surface area contributed by atoms with Gasteiger partial charge in [-0.15, -0.1) is 0 Å². The number of aryl methyl sites for hydroxylation is 1. The van der Waals surface area contributed by atoms with E-state index in [1.807, 2.05) is 89.6 Å². The first-order valence-corrected chi connectivity index (χ1v) is 9.86. The average Bonchev–Trinajstić information content (AvgIpc) is 3.17. The summed E-state index contributed by atoms with van der Waals surface area (Å²) < 4.78 is 7.97. The molecule has 146 valence electrons. The highest BCUT2D eigenvalue weighted by molar-refractivity contribution is 5.93. The molecule has 1 heterocycles. The smallest absolute Gasteiger partial charge is 0.244 e. The second-order valence-corrected chi connectivity index (χ2v) is 7.01. The third-order valence-corrected chi connectivity index (χ3v) is 4.97. The summed E-state index contributed by atoms with van der Waals surface area (Å²) in [7, 11) is 0. The third-order valence-electron chi connectivity index (χ3n) is 4.97. The quantitative estimate of drug-likeness (QED) is 0.462. The molecule has 4 aromatic rings. The van der Waals surface area contributed by atoms with Crippen molar-refractivity contribution in [1.29, 1.82) is 0 Å². The van der Waals surface area contributed by atoms with Crippen LogP contribution in [0.5, 0.6) is 5.75 Å². The van der Waals surface area contributed by atoms with Crippen molar-refractivity contribution < 1.29 is 9.53 Å². The number of amides is 1. The lowest BCUT2D eigenvalue weighted by atomic mass is 10.1. The molecule has 0 unspecified atom stereocenters. The molecular formula is C25H24N2O2. The number of carbonyl (C=O) groups excluding carboxylic acids is 1. The Balaban J connectivity index is 1.46. The second-order valence-electron chi connectivity index (χ2n) is 7.01. The van der Waals surface area contributed by atoms with Crippen LogP contribution in [-0.2, 0) is 24.4 Å². The SMILES string of the molecule is CCc1ccc(NC(=O)Cn2ccc3c(OCc4ccccc4)cccc32)cc1. The first-order chi connectivity index (χ1) is 14.2. The van der Waals surface area contributed by atoms with Gasteiger partial charge in [0.25, 0.3) is 0 Å². The van der Waals surface area contributed by atoms with Crippen LogP contribution in [0.3, 0.4) is 0 Å². The van der Waals surface area contributed by atoms with Gasteiger partial charge in [0.15, 0.2) is 0 Å². The van der Waals surface area contributed by atoms with Gasteiger partial charge in [0.1, 0.15) is 18.9 Å². The van der Waals surface area contributed by atoms with Gasteiger partial charge in [-0.1, -0.05) is 55.5 Å². The first kappa shape index (κ1) is 18.8. The van der Waals surface area contributed by atoms with E-state index < -0.39 is 0 Å². The number of ether oxygens (including phenoxy) is 1. The highest BCUT2D eigenvalue weighted by atomic mass is 16.5. The summed E-state index contributed by atoms with van der Waals surface area (Å²) in [4.78, 5) is 12.5. The van der Waals surface area contributed by atoms with Crippen molar-refractivity contribution in [2.24, 2.45) is 0 Å². The van der Waals surface area contributed by atoms with Crippen LogP contribution in [0.1, 0.15) is 18.1 Å². The monoisotopic (exact) mass is 384 g/mol. The van der Waals surface area contributed by atoms with E-state index in [1.165, 1.54) is 5.56 Å². The number of rotatable bonds is 7. The van der Waals surface area contributed by atoms with Crippen LogP contribution >= 0.6 is 0 Å². The summed E-state index contributed by atoms with van der Waals surface area (Å²) >= 11 is 0. The molecular weight excluding hydrogens is 360 g/mol. The average molecular weight is 384 g/mol. The second kappa shape index (κ2) is 8.65. The molecule has 4 nitrogen and oxygen atoms in total. The summed E-state index contributed by atoms with van der Waals surface area (Å²) in [6.45, 7) is 2.88. The van der Waals surface area contributed by atoms with Gasteiger partial charge in [-0.25, -0.2) is 0 Å². The molecule has 0 fully saturated rings. The Bertz CT molecular complexity index is 1100. The molecule has 1 N–H and O–H groups in total. The first-order valence-electron chi connectivity index (χ1n) is 9.86. The fourth-order valence-corrected chi connectivity index (χ4v) is 3.37.